The summed E-state index contributed by atoms with van der Waals surface area (Å²) in [6, 6.07) is 13.7. The zero-order valence-corrected chi connectivity index (χ0v) is 24.5. The number of likely N-dealkylation sites (tertiary alicyclic amines) is 1. The van der Waals surface area contributed by atoms with Crippen molar-refractivity contribution in [2.45, 2.75) is 45.1 Å². The molecule has 0 spiro atoms. The molecule has 39 heavy (non-hydrogen) atoms. The molecule has 4 heterocycles. The highest BCUT2D eigenvalue weighted by atomic mass is 32.2. The maximum atomic E-state index is 13.9. The summed E-state index contributed by atoms with van der Waals surface area (Å²) in [5.41, 5.74) is 3.15. The zero-order valence-electron chi connectivity index (χ0n) is 22.8. The van der Waals surface area contributed by atoms with Crippen LogP contribution in [0.5, 0.6) is 0 Å². The van der Waals surface area contributed by atoms with E-state index in [1.54, 1.807) is 17.4 Å². The molecule has 8 nitrogen and oxygen atoms in total. The molecule has 3 aromatic heterocycles. The predicted molar refractivity (Wildman–Crippen MR) is 162 cm³/mol. The lowest BCUT2D eigenvalue weighted by atomic mass is 10.0. The number of amides is 1. The van der Waals surface area contributed by atoms with Gasteiger partial charge in [-0.25, -0.2) is 9.97 Å². The molecular formula is C29H34N6O2S2. The lowest BCUT2D eigenvalue weighted by molar-refractivity contribution is 0.0735. The predicted octanol–water partition coefficient (Wildman–Crippen LogP) is 5.87. The number of thiazole rings is 1. The number of hydrogen-bond acceptors (Lipinski definition) is 8. The number of benzene rings is 1. The third kappa shape index (κ3) is 5.91. The molecule has 0 radical (unpaired) electrons. The maximum absolute atomic E-state index is 13.9. The number of anilines is 1. The SMILES string of the molecule is C=S(=C)(C)N(C)c1cc(C(=O)N2CCCC2c2nc(C)cs2)cc(-c2nnc(C(C)Cc3ccccc3)o2)n1. The van der Waals surface area contributed by atoms with Crippen molar-refractivity contribution in [3.05, 3.63) is 75.6 Å². The first-order valence-corrected chi connectivity index (χ1v) is 16.1. The van der Waals surface area contributed by atoms with E-state index in [0.717, 1.165) is 30.0 Å². The minimum Gasteiger partial charge on any atom is -0.419 e. The maximum Gasteiger partial charge on any atom is 0.266 e. The van der Waals surface area contributed by atoms with Gasteiger partial charge in [-0.05, 0) is 50.1 Å². The van der Waals surface area contributed by atoms with Crippen LogP contribution in [0.2, 0.25) is 0 Å². The highest BCUT2D eigenvalue weighted by molar-refractivity contribution is 8.28. The second-order valence-corrected chi connectivity index (χ2v) is 14.2. The molecule has 204 valence electrons. The van der Waals surface area contributed by atoms with E-state index in [1.807, 2.05) is 59.1 Å². The smallest absolute Gasteiger partial charge is 0.266 e. The molecule has 1 aliphatic heterocycles. The van der Waals surface area contributed by atoms with Gasteiger partial charge in [0.2, 0.25) is 5.89 Å². The Bertz CT molecular complexity index is 1580. The Labute approximate surface area is 234 Å². The van der Waals surface area contributed by atoms with Gasteiger partial charge in [-0.1, -0.05) is 49.0 Å². The van der Waals surface area contributed by atoms with Crippen molar-refractivity contribution >= 4 is 44.2 Å². The molecule has 2 atom stereocenters. The summed E-state index contributed by atoms with van der Waals surface area (Å²) in [5.74, 6) is 9.83. The molecule has 1 fully saturated rings. The summed E-state index contributed by atoms with van der Waals surface area (Å²) in [6.07, 6.45) is 4.58. The van der Waals surface area contributed by atoms with Gasteiger partial charge in [0.1, 0.15) is 16.5 Å². The highest BCUT2D eigenvalue weighted by Crippen LogP contribution is 2.36. The van der Waals surface area contributed by atoms with Crippen LogP contribution in [0, 0.1) is 6.92 Å². The summed E-state index contributed by atoms with van der Waals surface area (Å²) < 4.78 is 8.04. The number of hydrogen-bond donors (Lipinski definition) is 0. The van der Waals surface area contributed by atoms with Crippen LogP contribution in [0.4, 0.5) is 5.82 Å². The molecular weight excluding hydrogens is 528 g/mol. The van der Waals surface area contributed by atoms with E-state index < -0.39 is 9.39 Å². The number of rotatable bonds is 8. The van der Waals surface area contributed by atoms with E-state index in [0.29, 0.717) is 29.5 Å². The molecule has 5 rings (SSSR count). The van der Waals surface area contributed by atoms with Crippen molar-refractivity contribution in [1.29, 1.82) is 0 Å². The topological polar surface area (TPSA) is 88.3 Å². The Morgan fingerprint density at radius 3 is 2.69 bits per heavy atom. The van der Waals surface area contributed by atoms with Crippen LogP contribution >= 0.6 is 20.7 Å². The summed E-state index contributed by atoms with van der Waals surface area (Å²) in [6.45, 7) is 4.72. The first-order chi connectivity index (χ1) is 18.6. The molecule has 0 N–H and O–H groups in total. The standard InChI is InChI=1S/C29H34N6O2S2/c1-19(15-21-11-8-7-9-12-21)26-32-33-27(37-26)23-16-22(17-25(31-23)34(3)39(4,5)6)29(36)35-14-10-13-24(35)28-30-20(2)18-38-28/h7-9,11-12,16-19,24H,4-5,10,13-15H2,1-3,6H3. The van der Waals surface area contributed by atoms with E-state index in [1.165, 1.54) is 5.56 Å². The van der Waals surface area contributed by atoms with Crippen molar-refractivity contribution < 1.29 is 9.21 Å². The first-order valence-electron chi connectivity index (χ1n) is 12.9. The van der Waals surface area contributed by atoms with Gasteiger partial charge in [0.05, 0.1) is 6.04 Å². The minimum absolute atomic E-state index is 0.0279. The third-order valence-corrected chi connectivity index (χ3v) is 9.52. The summed E-state index contributed by atoms with van der Waals surface area (Å²) in [4.78, 5) is 25.3. The first kappa shape index (κ1) is 27.1. The Hall–Kier alpha value is -3.50. The van der Waals surface area contributed by atoms with Gasteiger partial charge < -0.3 is 13.6 Å². The fourth-order valence-electron chi connectivity index (χ4n) is 4.69. The molecule has 10 heteroatoms. The molecule has 1 saturated heterocycles. The van der Waals surface area contributed by atoms with Crippen LogP contribution < -0.4 is 4.31 Å². The average Bonchev–Trinajstić information content (AvgIpc) is 3.68. The van der Waals surface area contributed by atoms with Crippen molar-refractivity contribution in [1.82, 2.24) is 25.1 Å². The summed E-state index contributed by atoms with van der Waals surface area (Å²) in [5, 5.41) is 11.7. The van der Waals surface area contributed by atoms with Gasteiger partial charge in [-0.2, -0.15) is 0 Å². The van der Waals surface area contributed by atoms with Gasteiger partial charge in [0, 0.05) is 36.1 Å². The van der Waals surface area contributed by atoms with Crippen molar-refractivity contribution in [3.63, 3.8) is 0 Å². The molecule has 1 aromatic carbocycles. The second kappa shape index (κ2) is 10.9. The van der Waals surface area contributed by atoms with Crippen molar-refractivity contribution in [2.75, 3.05) is 24.2 Å². The zero-order chi connectivity index (χ0) is 27.7. The Kier molecular flexibility index (Phi) is 7.59. The van der Waals surface area contributed by atoms with Crippen molar-refractivity contribution in [2.24, 2.45) is 0 Å². The van der Waals surface area contributed by atoms with Crippen LogP contribution in [0.3, 0.4) is 0 Å². The van der Waals surface area contributed by atoms with E-state index in [2.05, 4.69) is 46.0 Å². The van der Waals surface area contributed by atoms with E-state index in [9.17, 15) is 4.79 Å². The quantitative estimate of drug-likeness (QED) is 0.248. The van der Waals surface area contributed by atoms with Crippen molar-refractivity contribution in [3.8, 4) is 11.6 Å². The molecule has 2 unspecified atom stereocenters. The van der Waals surface area contributed by atoms with Crippen LogP contribution in [-0.4, -0.2) is 62.6 Å². The number of carbonyl (C=O) groups is 1. The monoisotopic (exact) mass is 562 g/mol. The van der Waals surface area contributed by atoms with Crippen LogP contribution in [0.1, 0.15) is 64.2 Å². The van der Waals surface area contributed by atoms with E-state index in [-0.39, 0.29) is 23.8 Å². The molecule has 1 aliphatic rings. The number of aryl methyl sites for hydroxylation is 1. The fourth-order valence-corrected chi connectivity index (χ4v) is 6.17. The largest absolute Gasteiger partial charge is 0.419 e. The van der Waals surface area contributed by atoms with Crippen LogP contribution in [0.25, 0.3) is 11.6 Å². The molecule has 0 bridgehead atoms. The summed E-state index contributed by atoms with van der Waals surface area (Å²) >= 11 is 1.61. The number of carbonyl (C=O) groups excluding carboxylic acids is 1. The fraction of sp³-hybridized carbons (Fsp3) is 0.345. The second-order valence-electron chi connectivity index (χ2n) is 10.3. The minimum atomic E-state index is -1.64. The molecule has 4 aromatic rings. The van der Waals surface area contributed by atoms with Gasteiger partial charge in [-0.15, -0.1) is 30.9 Å². The van der Waals surface area contributed by atoms with Gasteiger partial charge in [0.25, 0.3) is 11.8 Å². The molecule has 1 amide bonds. The summed E-state index contributed by atoms with van der Waals surface area (Å²) in [7, 11) is 0.258. The molecule has 0 aliphatic carbocycles. The van der Waals surface area contributed by atoms with Gasteiger partial charge in [-0.3, -0.25) is 4.79 Å². The number of nitrogens with zero attached hydrogens (tertiary/aromatic N) is 6. The lowest BCUT2D eigenvalue weighted by Gasteiger charge is -2.27. The number of aromatic nitrogens is 4. The lowest BCUT2D eigenvalue weighted by Crippen LogP contribution is -2.31. The normalized spacial score (nSPS) is 16.4. The Morgan fingerprint density at radius 1 is 1.23 bits per heavy atom. The Morgan fingerprint density at radius 2 is 2.00 bits per heavy atom. The average molecular weight is 563 g/mol. The highest BCUT2D eigenvalue weighted by Gasteiger charge is 2.33. The van der Waals surface area contributed by atoms with Gasteiger partial charge >= 0.3 is 0 Å². The number of pyridine rings is 1. The van der Waals surface area contributed by atoms with Gasteiger partial charge in [0.15, 0.2) is 0 Å². The Balaban J connectivity index is 1.49. The van der Waals surface area contributed by atoms with E-state index >= 15 is 0 Å². The van der Waals surface area contributed by atoms with Crippen LogP contribution in [-0.2, 0) is 6.42 Å². The third-order valence-electron chi connectivity index (χ3n) is 6.94. The van der Waals surface area contributed by atoms with Crippen LogP contribution in [0.15, 0.2) is 52.3 Å². The van der Waals surface area contributed by atoms with E-state index in [4.69, 9.17) is 9.40 Å². The molecule has 0 saturated carbocycles.